The number of nitrogens with zero attached hydrogens (tertiary/aromatic N) is 3. The number of carbonyl (C=O) groups is 2. The normalized spacial score (nSPS) is 14.2. The lowest BCUT2D eigenvalue weighted by molar-refractivity contribution is -0.485. The number of hydrazone groups is 1. The second-order valence-electron chi connectivity index (χ2n) is 8.33. The molecule has 0 fully saturated rings. The number of H-pyrrole nitrogens is 1. The van der Waals surface area contributed by atoms with Crippen LogP contribution in [0, 0.1) is 21.7 Å². The molecule has 0 unspecified atom stereocenters. The van der Waals surface area contributed by atoms with Gasteiger partial charge < -0.3 is 20.6 Å². The van der Waals surface area contributed by atoms with Gasteiger partial charge in [0.15, 0.2) is 5.03 Å². The van der Waals surface area contributed by atoms with Crippen LogP contribution in [0.3, 0.4) is 0 Å². The molecule has 0 spiro atoms. The molecule has 11 nitrogen and oxygen atoms in total. The van der Waals surface area contributed by atoms with Crippen LogP contribution < -0.4 is 16.4 Å². The Bertz CT molecular complexity index is 1670. The lowest BCUT2D eigenvalue weighted by Gasteiger charge is -2.06. The molecule has 2 aromatic heterocycles. The molecule has 0 saturated heterocycles. The van der Waals surface area contributed by atoms with Crippen LogP contribution in [-0.4, -0.2) is 38.9 Å². The summed E-state index contributed by atoms with van der Waals surface area (Å²) in [5.74, 6) is -2.67. The molecule has 0 atom stereocenters. The first kappa shape index (κ1) is 23.7. The molecule has 3 heterocycles. The largest absolute Gasteiger partial charge is 0.365 e. The average molecular weight is 507 g/mol. The van der Waals surface area contributed by atoms with Gasteiger partial charge in [-0.2, -0.15) is 0 Å². The van der Waals surface area contributed by atoms with E-state index >= 15 is 0 Å². The van der Waals surface area contributed by atoms with Crippen molar-refractivity contribution in [2.45, 2.75) is 13.0 Å². The van der Waals surface area contributed by atoms with Crippen LogP contribution >= 0.6 is 0 Å². The zero-order chi connectivity index (χ0) is 26.3. The number of amides is 2. The van der Waals surface area contributed by atoms with Gasteiger partial charge >= 0.3 is 0 Å². The molecule has 2 aromatic carbocycles. The minimum absolute atomic E-state index is 0.0463. The highest BCUT2D eigenvalue weighted by Crippen LogP contribution is 2.38. The summed E-state index contributed by atoms with van der Waals surface area (Å²) in [6, 6.07) is 8.18. The highest BCUT2D eigenvalue weighted by molar-refractivity contribution is 6.50. The van der Waals surface area contributed by atoms with Gasteiger partial charge in [-0.15, -0.1) is 0 Å². The Balaban J connectivity index is 1.58. The van der Waals surface area contributed by atoms with Crippen molar-refractivity contribution in [1.82, 2.24) is 20.2 Å². The number of carbonyl (C=O) groups excluding carboxylic acids is 2. The van der Waals surface area contributed by atoms with Gasteiger partial charge in [0.25, 0.3) is 17.8 Å². The lowest BCUT2D eigenvalue weighted by atomic mass is 9.95. The molecule has 0 aliphatic carbocycles. The second kappa shape index (κ2) is 9.18. The highest BCUT2D eigenvalue weighted by Gasteiger charge is 2.35. The lowest BCUT2D eigenvalue weighted by Crippen LogP contribution is -2.33. The maximum atomic E-state index is 14.3. The van der Waals surface area contributed by atoms with E-state index in [1.165, 1.54) is 36.5 Å². The SMILES string of the molecule is NC(=N[N+](=O)[O-])NCCCn1cc(C2=C(c3c[nH]c4ccc(F)cc34)C(=O)NC2=O)c2cc(F)ccc21. The van der Waals surface area contributed by atoms with E-state index in [2.05, 4.69) is 20.7 Å². The van der Waals surface area contributed by atoms with Gasteiger partial charge in [0.05, 0.1) is 11.1 Å². The van der Waals surface area contributed by atoms with Crippen LogP contribution in [0.15, 0.2) is 53.9 Å². The van der Waals surface area contributed by atoms with Gasteiger partial charge in [0.1, 0.15) is 16.7 Å². The smallest absolute Gasteiger partial charge is 0.266 e. The first-order chi connectivity index (χ1) is 17.7. The summed E-state index contributed by atoms with van der Waals surface area (Å²) >= 11 is 0. The van der Waals surface area contributed by atoms with Gasteiger partial charge in [-0.25, -0.2) is 18.9 Å². The molecular formula is C24H19F2N7O4. The van der Waals surface area contributed by atoms with E-state index in [0.717, 1.165) is 0 Å². The number of halogens is 2. The van der Waals surface area contributed by atoms with Crippen molar-refractivity contribution in [3.8, 4) is 0 Å². The number of aromatic amines is 1. The number of guanidine groups is 1. The van der Waals surface area contributed by atoms with Crippen LogP contribution in [-0.2, 0) is 16.1 Å². The minimum Gasteiger partial charge on any atom is -0.365 e. The zero-order valence-corrected chi connectivity index (χ0v) is 19.0. The highest BCUT2D eigenvalue weighted by atomic mass is 19.1. The fourth-order valence-electron chi connectivity index (χ4n) is 4.51. The Morgan fingerprint density at radius 3 is 2.46 bits per heavy atom. The van der Waals surface area contributed by atoms with Gasteiger partial charge in [-0.1, -0.05) is 0 Å². The number of fused-ring (bicyclic) bond motifs is 2. The van der Waals surface area contributed by atoms with Crippen molar-refractivity contribution in [3.05, 3.63) is 81.7 Å². The molecule has 4 aromatic rings. The van der Waals surface area contributed by atoms with E-state index in [-0.39, 0.29) is 23.7 Å². The fourth-order valence-corrected chi connectivity index (χ4v) is 4.51. The van der Waals surface area contributed by atoms with Crippen LogP contribution in [0.1, 0.15) is 17.5 Å². The molecule has 37 heavy (non-hydrogen) atoms. The maximum absolute atomic E-state index is 14.3. The van der Waals surface area contributed by atoms with Crippen LogP contribution in [0.5, 0.6) is 0 Å². The summed E-state index contributed by atoms with van der Waals surface area (Å²) in [6.45, 7) is 0.630. The topological polar surface area (TPSA) is 160 Å². The Kier molecular flexibility index (Phi) is 5.87. The molecule has 2 amide bonds. The average Bonchev–Trinajstić information content (AvgIpc) is 3.48. The van der Waals surface area contributed by atoms with Crippen LogP contribution in [0.25, 0.3) is 33.0 Å². The predicted octanol–water partition coefficient (Wildman–Crippen LogP) is 2.45. The van der Waals surface area contributed by atoms with E-state index in [1.807, 2.05) is 0 Å². The first-order valence-electron chi connectivity index (χ1n) is 11.1. The molecule has 1 aliphatic heterocycles. The molecule has 13 heteroatoms. The number of nitrogens with one attached hydrogen (secondary N) is 3. The summed E-state index contributed by atoms with van der Waals surface area (Å²) in [6.07, 6.45) is 3.62. The quantitative estimate of drug-likeness (QED) is 0.0751. The summed E-state index contributed by atoms with van der Waals surface area (Å²) in [4.78, 5) is 39.3. The zero-order valence-electron chi connectivity index (χ0n) is 19.0. The summed E-state index contributed by atoms with van der Waals surface area (Å²) in [5.41, 5.74) is 7.39. The Labute approximate surface area is 206 Å². The molecule has 0 saturated carbocycles. The fraction of sp³-hybridized carbons (Fsp3) is 0.125. The number of rotatable bonds is 7. The molecule has 1 aliphatic rings. The van der Waals surface area contributed by atoms with Crippen molar-refractivity contribution in [2.75, 3.05) is 6.54 Å². The number of benzene rings is 2. The molecule has 5 rings (SSSR count). The van der Waals surface area contributed by atoms with Crippen molar-refractivity contribution >= 4 is 50.7 Å². The summed E-state index contributed by atoms with van der Waals surface area (Å²) in [7, 11) is 0. The van der Waals surface area contributed by atoms with E-state index in [4.69, 9.17) is 5.73 Å². The number of hydrogen-bond acceptors (Lipinski definition) is 4. The van der Waals surface area contributed by atoms with Crippen molar-refractivity contribution in [3.63, 3.8) is 0 Å². The number of aryl methyl sites for hydroxylation is 1. The maximum Gasteiger partial charge on any atom is 0.266 e. The number of hydrogen-bond donors (Lipinski definition) is 4. The van der Waals surface area contributed by atoms with Crippen molar-refractivity contribution in [2.24, 2.45) is 10.8 Å². The summed E-state index contributed by atoms with van der Waals surface area (Å²) in [5, 5.41) is 18.2. The van der Waals surface area contributed by atoms with Gasteiger partial charge in [-0.3, -0.25) is 14.9 Å². The van der Waals surface area contributed by atoms with Crippen molar-refractivity contribution in [1.29, 1.82) is 0 Å². The third-order valence-electron chi connectivity index (χ3n) is 6.03. The van der Waals surface area contributed by atoms with Gasteiger partial charge in [-0.05, 0) is 42.8 Å². The van der Waals surface area contributed by atoms with E-state index in [9.17, 15) is 28.5 Å². The van der Waals surface area contributed by atoms with E-state index in [0.29, 0.717) is 45.9 Å². The third-order valence-corrected chi connectivity index (χ3v) is 6.03. The third kappa shape index (κ3) is 4.37. The predicted molar refractivity (Wildman–Crippen MR) is 131 cm³/mol. The monoisotopic (exact) mass is 507 g/mol. The molecular weight excluding hydrogens is 488 g/mol. The van der Waals surface area contributed by atoms with E-state index < -0.39 is 28.5 Å². The number of imide groups is 1. The molecule has 5 N–H and O–H groups in total. The number of nitrogens with two attached hydrogens (primary N) is 1. The minimum atomic E-state index is -0.913. The molecule has 0 bridgehead atoms. The van der Waals surface area contributed by atoms with Crippen LogP contribution in [0.2, 0.25) is 0 Å². The van der Waals surface area contributed by atoms with Gasteiger partial charge in [0, 0.05) is 58.4 Å². The Morgan fingerprint density at radius 1 is 1.05 bits per heavy atom. The number of nitro groups is 1. The van der Waals surface area contributed by atoms with Crippen LogP contribution in [0.4, 0.5) is 8.78 Å². The standard InChI is InChI=1S/C24H19F2N7O4/c25-12-2-4-18-14(8-12)16(10-29-18)20-21(23(35)30-22(20)34)17-11-32(19-5-3-13(26)9-15(17)19)7-1-6-28-24(27)31-33(36)37/h2-5,8-11,29H,1,6-7H2,(H3,27,28,31)(H,30,34,35). The van der Waals surface area contributed by atoms with E-state index in [1.54, 1.807) is 16.8 Å². The summed E-state index contributed by atoms with van der Waals surface area (Å²) < 4.78 is 30.1. The molecule has 188 valence electrons. The molecule has 0 radical (unpaired) electrons. The Morgan fingerprint density at radius 2 is 1.73 bits per heavy atom. The second-order valence-corrected chi connectivity index (χ2v) is 8.33. The number of aromatic nitrogens is 2. The van der Waals surface area contributed by atoms with Crippen molar-refractivity contribution < 1.29 is 23.4 Å². The van der Waals surface area contributed by atoms with Gasteiger partial charge in [0.2, 0.25) is 0 Å². The Hall–Kier alpha value is -5.07. The first-order valence-corrected chi connectivity index (χ1v) is 11.1.